The molecule has 2 saturated heterocycles. The molecule has 1 spiro atoms. The van der Waals surface area contributed by atoms with Crippen LogP contribution in [0.2, 0.25) is 0 Å². The van der Waals surface area contributed by atoms with Crippen molar-refractivity contribution >= 4 is 5.91 Å². The largest absolute Gasteiger partial charge is 0.491 e. The number of amides is 1. The average Bonchev–Trinajstić information content (AvgIpc) is 2.79. The highest BCUT2D eigenvalue weighted by atomic mass is 16.5. The Morgan fingerprint density at radius 1 is 1.09 bits per heavy atom. The Balaban J connectivity index is 1.40. The third-order valence-electron chi connectivity index (χ3n) is 7.18. The van der Waals surface area contributed by atoms with Crippen molar-refractivity contribution < 1.29 is 14.3 Å². The molecule has 178 valence electrons. The summed E-state index contributed by atoms with van der Waals surface area (Å²) < 4.78 is 12.3. The van der Waals surface area contributed by atoms with Crippen molar-refractivity contribution in [2.45, 2.75) is 77.7 Å². The number of nitrogens with zero attached hydrogens (tertiary/aromatic N) is 2. The standard InChI is InChI=1S/C28H38N2O3/c1-21(2)33-25-12-11-24(17-22(25)3)26(31)29-16-15-28(32-20-29)14-13-27(4,5)30(19-28)18-23-9-7-6-8-10-23/h6-12,17,21H,13-16,18-20H2,1-5H3. The SMILES string of the molecule is Cc1cc(C(=O)N2CCC3(CCC(C)(C)N(Cc4ccccc4)C3)OC2)ccc1OC(C)C. The third-order valence-corrected chi connectivity index (χ3v) is 7.18. The van der Waals surface area contributed by atoms with Gasteiger partial charge in [-0.3, -0.25) is 9.69 Å². The van der Waals surface area contributed by atoms with Crippen molar-refractivity contribution in [2.24, 2.45) is 0 Å². The lowest BCUT2D eigenvalue weighted by molar-refractivity contribution is -0.172. The van der Waals surface area contributed by atoms with E-state index in [2.05, 4.69) is 49.1 Å². The fourth-order valence-electron chi connectivity index (χ4n) is 4.93. The summed E-state index contributed by atoms with van der Waals surface area (Å²) in [6.07, 6.45) is 3.10. The van der Waals surface area contributed by atoms with E-state index in [1.165, 1.54) is 5.56 Å². The minimum Gasteiger partial charge on any atom is -0.491 e. The summed E-state index contributed by atoms with van der Waals surface area (Å²) in [5.74, 6) is 0.861. The average molecular weight is 451 g/mol. The van der Waals surface area contributed by atoms with Crippen LogP contribution in [0.3, 0.4) is 0 Å². The fourth-order valence-corrected chi connectivity index (χ4v) is 4.93. The molecule has 2 heterocycles. The first-order chi connectivity index (χ1) is 15.7. The van der Waals surface area contributed by atoms with Crippen LogP contribution in [0.4, 0.5) is 0 Å². The summed E-state index contributed by atoms with van der Waals surface area (Å²) in [5.41, 5.74) is 2.96. The van der Waals surface area contributed by atoms with Crippen LogP contribution in [0.15, 0.2) is 48.5 Å². The number of likely N-dealkylation sites (tertiary alicyclic amines) is 1. The van der Waals surface area contributed by atoms with E-state index in [0.29, 0.717) is 12.3 Å². The van der Waals surface area contributed by atoms with Crippen molar-refractivity contribution in [1.82, 2.24) is 9.80 Å². The van der Waals surface area contributed by atoms with Gasteiger partial charge in [-0.15, -0.1) is 0 Å². The van der Waals surface area contributed by atoms with Crippen LogP contribution in [0.25, 0.3) is 0 Å². The van der Waals surface area contributed by atoms with Gasteiger partial charge in [0.25, 0.3) is 5.91 Å². The molecule has 2 aromatic carbocycles. The number of carbonyl (C=O) groups is 1. The lowest BCUT2D eigenvalue weighted by Gasteiger charge is -2.53. The Labute approximate surface area is 198 Å². The molecule has 1 amide bonds. The molecular weight excluding hydrogens is 412 g/mol. The van der Waals surface area contributed by atoms with Crippen molar-refractivity contribution in [1.29, 1.82) is 0 Å². The molecule has 0 aromatic heterocycles. The number of piperidine rings is 1. The number of ether oxygens (including phenoxy) is 2. The second kappa shape index (κ2) is 9.47. The zero-order valence-electron chi connectivity index (χ0n) is 20.8. The number of hydrogen-bond acceptors (Lipinski definition) is 4. The van der Waals surface area contributed by atoms with Gasteiger partial charge in [0.1, 0.15) is 12.5 Å². The summed E-state index contributed by atoms with van der Waals surface area (Å²) in [5, 5.41) is 0. The van der Waals surface area contributed by atoms with Gasteiger partial charge in [0.15, 0.2) is 0 Å². The van der Waals surface area contributed by atoms with Crippen molar-refractivity contribution in [2.75, 3.05) is 19.8 Å². The molecule has 0 bridgehead atoms. The lowest BCUT2D eigenvalue weighted by Crippen LogP contribution is -2.61. The van der Waals surface area contributed by atoms with E-state index in [1.807, 2.05) is 43.9 Å². The van der Waals surface area contributed by atoms with Gasteiger partial charge in [-0.2, -0.15) is 0 Å². The quantitative estimate of drug-likeness (QED) is 0.610. The van der Waals surface area contributed by atoms with E-state index >= 15 is 0 Å². The Morgan fingerprint density at radius 2 is 1.85 bits per heavy atom. The van der Waals surface area contributed by atoms with E-state index in [4.69, 9.17) is 9.47 Å². The summed E-state index contributed by atoms with van der Waals surface area (Å²) in [6, 6.07) is 16.3. The van der Waals surface area contributed by atoms with Gasteiger partial charge in [0.05, 0.1) is 11.7 Å². The number of hydrogen-bond donors (Lipinski definition) is 0. The van der Waals surface area contributed by atoms with Gasteiger partial charge in [-0.25, -0.2) is 0 Å². The lowest BCUT2D eigenvalue weighted by atomic mass is 9.79. The minimum atomic E-state index is -0.175. The van der Waals surface area contributed by atoms with Crippen molar-refractivity contribution in [3.8, 4) is 5.75 Å². The maximum atomic E-state index is 13.2. The Morgan fingerprint density at radius 3 is 2.48 bits per heavy atom. The van der Waals surface area contributed by atoms with E-state index in [1.54, 1.807) is 0 Å². The smallest absolute Gasteiger partial charge is 0.255 e. The van der Waals surface area contributed by atoms with E-state index in [-0.39, 0.29) is 23.2 Å². The molecule has 0 N–H and O–H groups in total. The highest BCUT2D eigenvalue weighted by Crippen LogP contribution is 2.39. The van der Waals surface area contributed by atoms with Crippen LogP contribution in [-0.2, 0) is 11.3 Å². The van der Waals surface area contributed by atoms with Crippen LogP contribution in [-0.4, -0.2) is 52.8 Å². The highest BCUT2D eigenvalue weighted by Gasteiger charge is 2.46. The normalized spacial score (nSPS) is 23.2. The molecule has 1 atom stereocenters. The van der Waals surface area contributed by atoms with Crippen LogP contribution in [0.1, 0.15) is 68.4 Å². The van der Waals surface area contributed by atoms with Gasteiger partial charge < -0.3 is 14.4 Å². The zero-order chi connectivity index (χ0) is 23.6. The molecule has 4 rings (SSSR count). The molecule has 2 aromatic rings. The first-order valence-electron chi connectivity index (χ1n) is 12.2. The minimum absolute atomic E-state index is 0.0290. The van der Waals surface area contributed by atoms with E-state index < -0.39 is 0 Å². The fraction of sp³-hybridized carbons (Fsp3) is 0.536. The second-order valence-corrected chi connectivity index (χ2v) is 10.6. The van der Waals surface area contributed by atoms with Gasteiger partial charge in [-0.1, -0.05) is 30.3 Å². The van der Waals surface area contributed by atoms with Crippen molar-refractivity contribution in [3.05, 3.63) is 65.2 Å². The van der Waals surface area contributed by atoms with Crippen LogP contribution in [0, 0.1) is 6.92 Å². The summed E-state index contributed by atoms with van der Waals surface area (Å²) in [7, 11) is 0. The molecule has 0 radical (unpaired) electrons. The second-order valence-electron chi connectivity index (χ2n) is 10.6. The van der Waals surface area contributed by atoms with Crippen LogP contribution in [0.5, 0.6) is 5.75 Å². The third kappa shape index (κ3) is 5.42. The molecule has 2 aliphatic heterocycles. The maximum absolute atomic E-state index is 13.2. The molecular formula is C28H38N2O3. The Kier molecular flexibility index (Phi) is 6.83. The van der Waals surface area contributed by atoms with Crippen LogP contribution >= 0.6 is 0 Å². The zero-order valence-corrected chi connectivity index (χ0v) is 20.8. The molecule has 5 nitrogen and oxygen atoms in total. The Hall–Kier alpha value is -2.37. The van der Waals surface area contributed by atoms with Gasteiger partial charge in [0, 0.05) is 30.7 Å². The van der Waals surface area contributed by atoms with Gasteiger partial charge in [0.2, 0.25) is 0 Å². The first kappa shape index (κ1) is 23.8. The number of carbonyl (C=O) groups excluding carboxylic acids is 1. The summed E-state index contributed by atoms with van der Waals surface area (Å²) >= 11 is 0. The van der Waals surface area contributed by atoms with Crippen LogP contribution < -0.4 is 4.74 Å². The monoisotopic (exact) mass is 450 g/mol. The molecule has 33 heavy (non-hydrogen) atoms. The molecule has 1 unspecified atom stereocenters. The Bertz CT molecular complexity index is 962. The van der Waals surface area contributed by atoms with E-state index in [9.17, 15) is 4.79 Å². The first-order valence-corrected chi connectivity index (χ1v) is 12.2. The van der Waals surface area contributed by atoms with Crippen molar-refractivity contribution in [3.63, 3.8) is 0 Å². The summed E-state index contributed by atoms with van der Waals surface area (Å²) in [6.45, 7) is 13.6. The number of rotatable bonds is 5. The number of benzene rings is 2. The molecule has 2 fully saturated rings. The van der Waals surface area contributed by atoms with Gasteiger partial charge >= 0.3 is 0 Å². The summed E-state index contributed by atoms with van der Waals surface area (Å²) in [4.78, 5) is 17.6. The highest BCUT2D eigenvalue weighted by molar-refractivity contribution is 5.94. The predicted octanol–water partition coefficient (Wildman–Crippen LogP) is 5.42. The maximum Gasteiger partial charge on any atom is 0.255 e. The molecule has 0 saturated carbocycles. The molecule has 5 heteroatoms. The molecule has 0 aliphatic carbocycles. The molecule has 2 aliphatic rings. The topological polar surface area (TPSA) is 42.0 Å². The van der Waals surface area contributed by atoms with E-state index in [0.717, 1.165) is 50.2 Å². The predicted molar refractivity (Wildman–Crippen MR) is 131 cm³/mol. The van der Waals surface area contributed by atoms with Gasteiger partial charge in [-0.05, 0) is 83.2 Å². The number of aryl methyl sites for hydroxylation is 1.